The quantitative estimate of drug-likeness (QED) is 0.705. The van der Waals surface area contributed by atoms with E-state index in [1.807, 2.05) is 11.8 Å². The van der Waals surface area contributed by atoms with Gasteiger partial charge in [-0.3, -0.25) is 0 Å². The molecule has 1 rings (SSSR count). The fourth-order valence-electron chi connectivity index (χ4n) is 1.17. The highest BCUT2D eigenvalue weighted by Crippen LogP contribution is 2.16. The fourth-order valence-corrected chi connectivity index (χ4v) is 2.28. The second-order valence-corrected chi connectivity index (χ2v) is 3.79. The molecule has 0 amide bonds. The zero-order valence-corrected chi connectivity index (χ0v) is 8.22. The van der Waals surface area contributed by atoms with Crippen LogP contribution < -0.4 is 5.32 Å². The molecule has 68 valence electrons. The third kappa shape index (κ3) is 4.90. The van der Waals surface area contributed by atoms with Gasteiger partial charge in [0.05, 0.1) is 6.61 Å². The summed E-state index contributed by atoms with van der Waals surface area (Å²) in [5, 5.41) is 11.8. The molecule has 1 aliphatic rings. The maximum absolute atomic E-state index is 8.53. The lowest BCUT2D eigenvalue weighted by molar-refractivity contribution is 0.282. The van der Waals surface area contributed by atoms with Crippen LogP contribution in [0.2, 0.25) is 0 Å². The topological polar surface area (TPSA) is 32.3 Å². The van der Waals surface area contributed by atoms with Crippen LogP contribution in [0.15, 0.2) is 0 Å². The maximum Gasteiger partial charge on any atom is 0.0556 e. The van der Waals surface area contributed by atoms with Gasteiger partial charge >= 0.3 is 0 Å². The lowest BCUT2D eigenvalue weighted by Gasteiger charge is -2.21. The Balaban J connectivity index is 0.000001000. The van der Waals surface area contributed by atoms with E-state index >= 15 is 0 Å². The van der Waals surface area contributed by atoms with E-state index in [1.165, 1.54) is 24.3 Å². The van der Waals surface area contributed by atoms with Crippen LogP contribution in [0, 0.1) is 0 Å². The van der Waals surface area contributed by atoms with Gasteiger partial charge in [-0.2, -0.15) is 11.8 Å². The minimum absolute atomic E-state index is 0. The minimum atomic E-state index is 0. The Morgan fingerprint density at radius 2 is 2.00 bits per heavy atom. The minimum Gasteiger partial charge on any atom is -0.395 e. The molecular weight excluding hydrogens is 182 g/mol. The van der Waals surface area contributed by atoms with Crippen molar-refractivity contribution in [1.29, 1.82) is 0 Å². The van der Waals surface area contributed by atoms with Crippen LogP contribution in [-0.2, 0) is 0 Å². The van der Waals surface area contributed by atoms with E-state index in [0.717, 1.165) is 6.54 Å². The fraction of sp³-hybridized carbons (Fsp3) is 1.00. The van der Waals surface area contributed by atoms with Gasteiger partial charge in [-0.05, 0) is 24.3 Å². The Labute approximate surface area is 78.5 Å². The first kappa shape index (κ1) is 11.6. The van der Waals surface area contributed by atoms with Crippen molar-refractivity contribution in [2.75, 3.05) is 24.7 Å². The number of hydrogen-bond acceptors (Lipinski definition) is 3. The summed E-state index contributed by atoms with van der Waals surface area (Å²) in [5.41, 5.74) is 0. The molecule has 0 atom stereocenters. The molecule has 0 aromatic carbocycles. The van der Waals surface area contributed by atoms with Gasteiger partial charge in [0, 0.05) is 12.6 Å². The largest absolute Gasteiger partial charge is 0.395 e. The second-order valence-electron chi connectivity index (χ2n) is 2.56. The van der Waals surface area contributed by atoms with Gasteiger partial charge in [0.2, 0.25) is 0 Å². The van der Waals surface area contributed by atoms with Gasteiger partial charge in [-0.15, -0.1) is 12.4 Å². The maximum atomic E-state index is 8.53. The van der Waals surface area contributed by atoms with Crippen LogP contribution in [0.1, 0.15) is 12.8 Å². The summed E-state index contributed by atoms with van der Waals surface area (Å²) in [4.78, 5) is 0. The first-order chi connectivity index (χ1) is 4.93. The van der Waals surface area contributed by atoms with E-state index in [4.69, 9.17) is 5.11 Å². The molecule has 0 radical (unpaired) electrons. The molecule has 0 spiro atoms. The third-order valence-corrected chi connectivity index (χ3v) is 2.81. The van der Waals surface area contributed by atoms with Gasteiger partial charge in [-0.25, -0.2) is 0 Å². The first-order valence-electron chi connectivity index (χ1n) is 3.85. The van der Waals surface area contributed by atoms with Gasteiger partial charge < -0.3 is 10.4 Å². The second kappa shape index (κ2) is 7.22. The molecule has 2 N–H and O–H groups in total. The predicted octanol–water partition coefficient (Wildman–Crippen LogP) is 0.886. The van der Waals surface area contributed by atoms with Gasteiger partial charge in [-0.1, -0.05) is 0 Å². The van der Waals surface area contributed by atoms with Crippen LogP contribution in [0.3, 0.4) is 0 Å². The summed E-state index contributed by atoms with van der Waals surface area (Å²) in [6.45, 7) is 1.03. The number of rotatable bonds is 3. The summed E-state index contributed by atoms with van der Waals surface area (Å²) >= 11 is 2.03. The molecular formula is C7H16ClNOS. The van der Waals surface area contributed by atoms with Crippen molar-refractivity contribution in [2.45, 2.75) is 18.9 Å². The van der Waals surface area contributed by atoms with E-state index < -0.39 is 0 Å². The van der Waals surface area contributed by atoms with Crippen LogP contribution in [0.4, 0.5) is 0 Å². The third-order valence-electron chi connectivity index (χ3n) is 1.77. The summed E-state index contributed by atoms with van der Waals surface area (Å²) in [6.07, 6.45) is 2.54. The average Bonchev–Trinajstić information content (AvgIpc) is 2.03. The lowest BCUT2D eigenvalue weighted by Crippen LogP contribution is -2.34. The number of hydrogen-bond donors (Lipinski definition) is 2. The Morgan fingerprint density at radius 1 is 1.36 bits per heavy atom. The molecule has 1 heterocycles. The van der Waals surface area contributed by atoms with E-state index in [0.29, 0.717) is 6.04 Å². The van der Waals surface area contributed by atoms with Crippen molar-refractivity contribution in [3.63, 3.8) is 0 Å². The molecule has 1 saturated heterocycles. The highest BCUT2D eigenvalue weighted by Gasteiger charge is 2.11. The Bertz CT molecular complexity index is 88.5. The number of nitrogens with one attached hydrogen (secondary N) is 1. The van der Waals surface area contributed by atoms with Gasteiger partial charge in [0.25, 0.3) is 0 Å². The van der Waals surface area contributed by atoms with Crippen molar-refractivity contribution in [3.8, 4) is 0 Å². The zero-order valence-electron chi connectivity index (χ0n) is 6.58. The Morgan fingerprint density at radius 3 is 2.55 bits per heavy atom. The van der Waals surface area contributed by atoms with Crippen molar-refractivity contribution in [1.82, 2.24) is 5.32 Å². The van der Waals surface area contributed by atoms with Crippen molar-refractivity contribution >= 4 is 24.2 Å². The van der Waals surface area contributed by atoms with Gasteiger partial charge in [0.15, 0.2) is 0 Å². The molecule has 0 unspecified atom stereocenters. The average molecular weight is 198 g/mol. The zero-order chi connectivity index (χ0) is 7.23. The molecule has 1 aliphatic heterocycles. The molecule has 0 bridgehead atoms. The normalized spacial score (nSPS) is 19.4. The number of thioether (sulfide) groups is 1. The summed E-state index contributed by atoms with van der Waals surface area (Å²) < 4.78 is 0. The smallest absolute Gasteiger partial charge is 0.0556 e. The Kier molecular flexibility index (Phi) is 7.59. The van der Waals surface area contributed by atoms with Crippen LogP contribution in [-0.4, -0.2) is 35.8 Å². The molecule has 0 saturated carbocycles. The molecule has 2 nitrogen and oxygen atoms in total. The molecule has 0 aromatic heterocycles. The lowest BCUT2D eigenvalue weighted by atomic mass is 10.1. The molecule has 4 heteroatoms. The summed E-state index contributed by atoms with van der Waals surface area (Å²) in [5.74, 6) is 2.56. The standard InChI is InChI=1S/C7H15NOS.ClH/c9-4-3-8-7-1-5-10-6-2-7;/h7-9H,1-6H2;1H. The van der Waals surface area contributed by atoms with Crippen LogP contribution >= 0.6 is 24.2 Å². The first-order valence-corrected chi connectivity index (χ1v) is 5.01. The highest BCUT2D eigenvalue weighted by atomic mass is 35.5. The highest BCUT2D eigenvalue weighted by molar-refractivity contribution is 7.99. The van der Waals surface area contributed by atoms with E-state index in [-0.39, 0.29) is 19.0 Å². The van der Waals surface area contributed by atoms with Gasteiger partial charge in [0.1, 0.15) is 0 Å². The summed E-state index contributed by atoms with van der Waals surface area (Å²) in [7, 11) is 0. The van der Waals surface area contributed by atoms with E-state index in [2.05, 4.69) is 5.32 Å². The molecule has 0 aliphatic carbocycles. The predicted molar refractivity (Wildman–Crippen MR) is 52.7 cm³/mol. The molecule has 0 aromatic rings. The Hall–Kier alpha value is 0.560. The van der Waals surface area contributed by atoms with Crippen molar-refractivity contribution < 1.29 is 5.11 Å². The van der Waals surface area contributed by atoms with E-state index in [1.54, 1.807) is 0 Å². The van der Waals surface area contributed by atoms with Crippen molar-refractivity contribution in [2.24, 2.45) is 0 Å². The SMILES string of the molecule is Cl.OCCNC1CCSCC1. The van der Waals surface area contributed by atoms with Crippen molar-refractivity contribution in [3.05, 3.63) is 0 Å². The number of aliphatic hydroxyl groups excluding tert-OH is 1. The monoisotopic (exact) mass is 197 g/mol. The number of halogens is 1. The number of aliphatic hydroxyl groups is 1. The molecule has 1 fully saturated rings. The molecule has 11 heavy (non-hydrogen) atoms. The van der Waals surface area contributed by atoms with E-state index in [9.17, 15) is 0 Å². The van der Waals surface area contributed by atoms with Crippen LogP contribution in [0.25, 0.3) is 0 Å². The van der Waals surface area contributed by atoms with Crippen LogP contribution in [0.5, 0.6) is 0 Å². The summed E-state index contributed by atoms with van der Waals surface area (Å²) in [6, 6.07) is 0.674.